The summed E-state index contributed by atoms with van der Waals surface area (Å²) >= 11 is 0. The van der Waals surface area contributed by atoms with Gasteiger partial charge in [-0.2, -0.15) is 0 Å². The zero-order valence-electron chi connectivity index (χ0n) is 20.2. The van der Waals surface area contributed by atoms with E-state index in [9.17, 15) is 9.59 Å². The molecule has 0 bridgehead atoms. The first-order valence-corrected chi connectivity index (χ1v) is 11.5. The van der Waals surface area contributed by atoms with Gasteiger partial charge in [0.1, 0.15) is 11.5 Å². The smallest absolute Gasteiger partial charge is 0.255 e. The van der Waals surface area contributed by atoms with Gasteiger partial charge in [-0.1, -0.05) is 18.2 Å². The van der Waals surface area contributed by atoms with E-state index in [1.54, 1.807) is 48.9 Å². The standard InChI is InChI=1S/C28H27N5O3/c1-20-12-22(17-29-15-20)27(34)32-16-21-6-5-8-25(13-21)36-26-14-23(18-30-19-26)28(35)33(2)11-9-24-7-3-4-10-31-24/h3-8,10,12-15,17-19H,9,11,16H2,1-2H3,(H,32,34). The first kappa shape index (κ1) is 24.5. The Balaban J connectivity index is 1.35. The van der Waals surface area contributed by atoms with Crippen LogP contribution in [-0.2, 0) is 13.0 Å². The Morgan fingerprint density at radius 2 is 1.75 bits per heavy atom. The summed E-state index contributed by atoms with van der Waals surface area (Å²) in [6, 6.07) is 16.6. The number of nitrogens with one attached hydrogen (secondary N) is 1. The average molecular weight is 482 g/mol. The van der Waals surface area contributed by atoms with Gasteiger partial charge in [-0.15, -0.1) is 0 Å². The lowest BCUT2D eigenvalue weighted by molar-refractivity contribution is 0.0795. The average Bonchev–Trinajstić information content (AvgIpc) is 2.91. The van der Waals surface area contributed by atoms with Crippen LogP contribution in [-0.4, -0.2) is 45.3 Å². The SMILES string of the molecule is Cc1cncc(C(=O)NCc2cccc(Oc3cncc(C(=O)N(C)CCc4ccccn4)c3)c2)c1. The molecule has 36 heavy (non-hydrogen) atoms. The fourth-order valence-corrected chi connectivity index (χ4v) is 3.56. The topological polar surface area (TPSA) is 97.3 Å². The van der Waals surface area contributed by atoms with Gasteiger partial charge in [0, 0.05) is 57.0 Å². The van der Waals surface area contributed by atoms with Gasteiger partial charge in [-0.3, -0.25) is 24.5 Å². The van der Waals surface area contributed by atoms with Crippen LogP contribution < -0.4 is 10.1 Å². The lowest BCUT2D eigenvalue weighted by atomic mass is 10.2. The highest BCUT2D eigenvalue weighted by molar-refractivity contribution is 5.94. The summed E-state index contributed by atoms with van der Waals surface area (Å²) in [5.74, 6) is 0.686. The molecular formula is C28H27N5O3. The van der Waals surface area contributed by atoms with Crippen molar-refractivity contribution in [3.05, 3.63) is 114 Å². The van der Waals surface area contributed by atoms with E-state index >= 15 is 0 Å². The van der Waals surface area contributed by atoms with E-state index in [2.05, 4.69) is 20.3 Å². The number of likely N-dealkylation sites (N-methyl/N-ethyl adjacent to an activating group) is 1. The van der Waals surface area contributed by atoms with Gasteiger partial charge in [0.2, 0.25) is 0 Å². The van der Waals surface area contributed by atoms with Crippen LogP contribution in [0, 0.1) is 6.92 Å². The van der Waals surface area contributed by atoms with Gasteiger partial charge < -0.3 is 15.0 Å². The molecule has 0 radical (unpaired) electrons. The molecule has 3 aromatic heterocycles. The molecule has 0 atom stereocenters. The Hall–Kier alpha value is -4.59. The third-order valence-electron chi connectivity index (χ3n) is 5.46. The molecule has 1 N–H and O–H groups in total. The molecule has 0 spiro atoms. The van der Waals surface area contributed by atoms with Gasteiger partial charge in [0.15, 0.2) is 0 Å². The first-order valence-electron chi connectivity index (χ1n) is 11.5. The molecule has 0 fully saturated rings. The summed E-state index contributed by atoms with van der Waals surface area (Å²) in [6.07, 6.45) is 8.74. The molecule has 0 aliphatic heterocycles. The summed E-state index contributed by atoms with van der Waals surface area (Å²) in [5.41, 5.74) is 3.67. The molecule has 8 nitrogen and oxygen atoms in total. The number of aryl methyl sites for hydroxylation is 1. The Morgan fingerprint density at radius 1 is 0.917 bits per heavy atom. The highest BCUT2D eigenvalue weighted by Crippen LogP contribution is 2.23. The van der Waals surface area contributed by atoms with Crippen LogP contribution in [0.1, 0.15) is 37.5 Å². The van der Waals surface area contributed by atoms with Crippen LogP contribution in [0.15, 0.2) is 85.6 Å². The van der Waals surface area contributed by atoms with Crippen LogP contribution >= 0.6 is 0 Å². The second-order valence-electron chi connectivity index (χ2n) is 8.39. The predicted molar refractivity (Wildman–Crippen MR) is 136 cm³/mol. The number of nitrogens with zero attached hydrogens (tertiary/aromatic N) is 4. The molecule has 8 heteroatoms. The molecule has 182 valence electrons. The van der Waals surface area contributed by atoms with Crippen molar-refractivity contribution in [2.24, 2.45) is 0 Å². The minimum atomic E-state index is -0.194. The van der Waals surface area contributed by atoms with Crippen molar-refractivity contribution < 1.29 is 14.3 Å². The molecule has 0 saturated carbocycles. The van der Waals surface area contributed by atoms with E-state index < -0.39 is 0 Å². The van der Waals surface area contributed by atoms with Gasteiger partial charge in [0.05, 0.1) is 17.3 Å². The van der Waals surface area contributed by atoms with Crippen LogP contribution in [0.5, 0.6) is 11.5 Å². The van der Waals surface area contributed by atoms with Crippen molar-refractivity contribution in [1.82, 2.24) is 25.2 Å². The predicted octanol–water partition coefficient (Wildman–Crippen LogP) is 4.22. The first-order chi connectivity index (χ1) is 17.5. The highest BCUT2D eigenvalue weighted by atomic mass is 16.5. The number of ether oxygens (including phenoxy) is 1. The summed E-state index contributed by atoms with van der Waals surface area (Å²) in [7, 11) is 1.75. The maximum Gasteiger partial charge on any atom is 0.255 e. The lowest BCUT2D eigenvalue weighted by Gasteiger charge is -2.17. The summed E-state index contributed by atoms with van der Waals surface area (Å²) in [6.45, 7) is 2.76. The third-order valence-corrected chi connectivity index (χ3v) is 5.46. The van der Waals surface area contributed by atoms with E-state index in [0.29, 0.717) is 42.1 Å². The number of rotatable bonds is 9. The van der Waals surface area contributed by atoms with Gasteiger partial charge in [-0.05, 0) is 54.4 Å². The van der Waals surface area contributed by atoms with E-state index in [4.69, 9.17) is 4.74 Å². The maximum atomic E-state index is 12.9. The Kier molecular flexibility index (Phi) is 7.97. The number of carbonyl (C=O) groups excluding carboxylic acids is 2. The minimum absolute atomic E-state index is 0.147. The number of benzene rings is 1. The molecule has 3 heterocycles. The Bertz CT molecular complexity index is 1340. The van der Waals surface area contributed by atoms with E-state index in [0.717, 1.165) is 16.8 Å². The van der Waals surface area contributed by atoms with Gasteiger partial charge in [-0.25, -0.2) is 0 Å². The van der Waals surface area contributed by atoms with Crippen LogP contribution in [0.2, 0.25) is 0 Å². The fraction of sp³-hybridized carbons (Fsp3) is 0.179. The zero-order valence-corrected chi connectivity index (χ0v) is 20.2. The number of carbonyl (C=O) groups is 2. The maximum absolute atomic E-state index is 12.9. The van der Waals surface area contributed by atoms with Crippen molar-refractivity contribution in [3.8, 4) is 11.5 Å². The molecule has 0 saturated heterocycles. The molecule has 2 amide bonds. The second kappa shape index (κ2) is 11.7. The number of hydrogen-bond donors (Lipinski definition) is 1. The summed E-state index contributed by atoms with van der Waals surface area (Å²) in [5, 5.41) is 2.89. The van der Waals surface area contributed by atoms with E-state index in [-0.39, 0.29) is 11.8 Å². The van der Waals surface area contributed by atoms with Gasteiger partial charge >= 0.3 is 0 Å². The fourth-order valence-electron chi connectivity index (χ4n) is 3.56. The molecule has 0 aliphatic rings. The van der Waals surface area contributed by atoms with Crippen molar-refractivity contribution in [3.63, 3.8) is 0 Å². The molecule has 0 unspecified atom stereocenters. The van der Waals surface area contributed by atoms with Crippen LogP contribution in [0.25, 0.3) is 0 Å². The van der Waals surface area contributed by atoms with Crippen LogP contribution in [0.3, 0.4) is 0 Å². The zero-order chi connectivity index (χ0) is 25.3. The van der Waals surface area contributed by atoms with Crippen LogP contribution in [0.4, 0.5) is 0 Å². The lowest BCUT2D eigenvalue weighted by Crippen LogP contribution is -2.29. The highest BCUT2D eigenvalue weighted by Gasteiger charge is 2.14. The normalized spacial score (nSPS) is 10.5. The number of hydrogen-bond acceptors (Lipinski definition) is 6. The Labute approximate surface area is 210 Å². The van der Waals surface area contributed by atoms with Crippen molar-refractivity contribution in [2.45, 2.75) is 19.9 Å². The van der Waals surface area contributed by atoms with Crippen molar-refractivity contribution in [2.75, 3.05) is 13.6 Å². The number of amides is 2. The Morgan fingerprint density at radius 3 is 2.56 bits per heavy atom. The van der Waals surface area contributed by atoms with Gasteiger partial charge in [0.25, 0.3) is 11.8 Å². The molecule has 0 aliphatic carbocycles. The largest absolute Gasteiger partial charge is 0.456 e. The molecule has 4 aromatic rings. The summed E-state index contributed by atoms with van der Waals surface area (Å²) < 4.78 is 5.96. The molecular weight excluding hydrogens is 454 g/mol. The molecule has 4 rings (SSSR count). The number of pyridine rings is 3. The summed E-state index contributed by atoms with van der Waals surface area (Å²) in [4.78, 5) is 39.5. The monoisotopic (exact) mass is 481 g/mol. The second-order valence-corrected chi connectivity index (χ2v) is 8.39. The van der Waals surface area contributed by atoms with E-state index in [1.165, 1.54) is 6.20 Å². The van der Waals surface area contributed by atoms with Crippen molar-refractivity contribution >= 4 is 11.8 Å². The third kappa shape index (κ3) is 6.73. The quantitative estimate of drug-likeness (QED) is 0.385. The molecule has 1 aromatic carbocycles. The van der Waals surface area contributed by atoms with Crippen molar-refractivity contribution in [1.29, 1.82) is 0 Å². The minimum Gasteiger partial charge on any atom is -0.456 e. The van der Waals surface area contributed by atoms with E-state index in [1.807, 2.05) is 49.4 Å². The number of aromatic nitrogens is 3.